The lowest BCUT2D eigenvalue weighted by Crippen LogP contribution is -2.34. The molecule has 1 aromatic heterocycles. The first-order valence-electron chi connectivity index (χ1n) is 7.19. The van der Waals surface area contributed by atoms with Crippen molar-refractivity contribution in [2.24, 2.45) is 0 Å². The highest BCUT2D eigenvalue weighted by Gasteiger charge is 2.17. The molecule has 0 aliphatic rings. The minimum atomic E-state index is -0.116. The van der Waals surface area contributed by atoms with E-state index in [1.54, 1.807) is 11.0 Å². The molecule has 5 heteroatoms. The SMILES string of the molecule is CCOCCN(CC)C(=O)c1cc(N)c2ccccc2n1. The van der Waals surface area contributed by atoms with Crippen LogP contribution >= 0.6 is 0 Å². The number of carbonyl (C=O) groups excluding carboxylic acids is 1. The summed E-state index contributed by atoms with van der Waals surface area (Å²) < 4.78 is 5.31. The summed E-state index contributed by atoms with van der Waals surface area (Å²) in [6.07, 6.45) is 0. The number of amides is 1. The number of carbonyl (C=O) groups is 1. The molecule has 2 N–H and O–H groups in total. The maximum atomic E-state index is 12.5. The fraction of sp³-hybridized carbons (Fsp3) is 0.375. The van der Waals surface area contributed by atoms with Crippen molar-refractivity contribution >= 4 is 22.5 Å². The highest BCUT2D eigenvalue weighted by molar-refractivity contribution is 5.99. The second-order valence-corrected chi connectivity index (χ2v) is 4.70. The summed E-state index contributed by atoms with van der Waals surface area (Å²) in [5, 5.41) is 0.867. The van der Waals surface area contributed by atoms with Crippen LogP contribution in [0.15, 0.2) is 30.3 Å². The van der Waals surface area contributed by atoms with Crippen LogP contribution in [-0.4, -0.2) is 42.1 Å². The van der Waals surface area contributed by atoms with Crippen molar-refractivity contribution in [3.8, 4) is 0 Å². The van der Waals surface area contributed by atoms with Gasteiger partial charge in [-0.25, -0.2) is 4.98 Å². The number of nitrogens with two attached hydrogens (primary N) is 1. The number of aromatic nitrogens is 1. The highest BCUT2D eigenvalue weighted by Crippen LogP contribution is 2.20. The number of nitrogen functional groups attached to an aromatic ring is 1. The molecule has 1 amide bonds. The zero-order chi connectivity index (χ0) is 15.2. The van der Waals surface area contributed by atoms with Gasteiger partial charge in [-0.05, 0) is 26.0 Å². The smallest absolute Gasteiger partial charge is 0.272 e. The Bertz CT molecular complexity index is 628. The van der Waals surface area contributed by atoms with Gasteiger partial charge in [0.05, 0.1) is 12.1 Å². The van der Waals surface area contributed by atoms with Crippen LogP contribution in [0.5, 0.6) is 0 Å². The zero-order valence-corrected chi connectivity index (χ0v) is 12.5. The van der Waals surface area contributed by atoms with Crippen LogP contribution in [0, 0.1) is 0 Å². The molecule has 0 unspecified atom stereocenters. The Morgan fingerprint density at radius 1 is 1.33 bits per heavy atom. The molecule has 0 aliphatic heterocycles. The zero-order valence-electron chi connectivity index (χ0n) is 12.5. The fourth-order valence-corrected chi connectivity index (χ4v) is 2.20. The molecule has 0 aliphatic carbocycles. The lowest BCUT2D eigenvalue weighted by molar-refractivity contribution is 0.0664. The molecule has 0 spiro atoms. The summed E-state index contributed by atoms with van der Waals surface area (Å²) in [6, 6.07) is 9.20. The standard InChI is InChI=1S/C16H21N3O2/c1-3-19(9-10-21-4-2)16(20)15-11-13(17)12-7-5-6-8-14(12)18-15/h5-8,11H,3-4,9-10H2,1-2H3,(H2,17,18). The molecule has 1 heterocycles. The number of likely N-dealkylation sites (N-methyl/N-ethyl adjacent to an activating group) is 1. The molecule has 1 aromatic carbocycles. The number of benzene rings is 1. The second-order valence-electron chi connectivity index (χ2n) is 4.70. The average molecular weight is 287 g/mol. The van der Waals surface area contributed by atoms with Gasteiger partial charge in [0.1, 0.15) is 5.69 Å². The van der Waals surface area contributed by atoms with Crippen LogP contribution in [0.3, 0.4) is 0 Å². The van der Waals surface area contributed by atoms with Crippen LogP contribution in [0.25, 0.3) is 10.9 Å². The third-order valence-corrected chi connectivity index (χ3v) is 3.35. The van der Waals surface area contributed by atoms with E-state index in [9.17, 15) is 4.79 Å². The third kappa shape index (κ3) is 3.49. The van der Waals surface area contributed by atoms with Crippen molar-refractivity contribution in [3.05, 3.63) is 36.0 Å². The van der Waals surface area contributed by atoms with E-state index in [1.807, 2.05) is 38.1 Å². The number of ether oxygens (including phenoxy) is 1. The van der Waals surface area contributed by atoms with E-state index in [0.717, 1.165) is 10.9 Å². The summed E-state index contributed by atoms with van der Waals surface area (Å²) in [5.74, 6) is -0.116. The van der Waals surface area contributed by atoms with Gasteiger partial charge in [-0.15, -0.1) is 0 Å². The van der Waals surface area contributed by atoms with Crippen LogP contribution < -0.4 is 5.73 Å². The number of hydrogen-bond acceptors (Lipinski definition) is 4. The minimum absolute atomic E-state index is 0.116. The van der Waals surface area contributed by atoms with E-state index in [-0.39, 0.29) is 5.91 Å². The highest BCUT2D eigenvalue weighted by atomic mass is 16.5. The van der Waals surface area contributed by atoms with E-state index >= 15 is 0 Å². The molecule has 0 atom stereocenters. The molecule has 0 bridgehead atoms. The molecule has 0 fully saturated rings. The van der Waals surface area contributed by atoms with E-state index in [4.69, 9.17) is 10.5 Å². The first-order valence-corrected chi connectivity index (χ1v) is 7.19. The molecule has 0 saturated carbocycles. The summed E-state index contributed by atoms with van der Waals surface area (Å²) in [7, 11) is 0. The molecular formula is C16H21N3O2. The van der Waals surface area contributed by atoms with E-state index in [2.05, 4.69) is 4.98 Å². The van der Waals surface area contributed by atoms with Crippen LogP contribution in [-0.2, 0) is 4.74 Å². The Morgan fingerprint density at radius 2 is 2.10 bits per heavy atom. The van der Waals surface area contributed by atoms with Gasteiger partial charge in [-0.2, -0.15) is 0 Å². The van der Waals surface area contributed by atoms with Gasteiger partial charge < -0.3 is 15.4 Å². The molecule has 112 valence electrons. The minimum Gasteiger partial charge on any atom is -0.398 e. The van der Waals surface area contributed by atoms with E-state index in [0.29, 0.717) is 37.7 Å². The van der Waals surface area contributed by atoms with Gasteiger partial charge in [0.15, 0.2) is 0 Å². The fourth-order valence-electron chi connectivity index (χ4n) is 2.20. The molecule has 2 rings (SSSR count). The molecule has 0 radical (unpaired) electrons. The van der Waals surface area contributed by atoms with Gasteiger partial charge in [0, 0.05) is 30.8 Å². The van der Waals surface area contributed by atoms with E-state index in [1.165, 1.54) is 0 Å². The Balaban J connectivity index is 2.25. The predicted octanol–water partition coefficient (Wildman–Crippen LogP) is 2.32. The molecule has 5 nitrogen and oxygen atoms in total. The number of anilines is 1. The summed E-state index contributed by atoms with van der Waals surface area (Å²) >= 11 is 0. The van der Waals surface area contributed by atoms with Gasteiger partial charge in [-0.1, -0.05) is 18.2 Å². The Hall–Kier alpha value is -2.14. The van der Waals surface area contributed by atoms with Crippen molar-refractivity contribution < 1.29 is 9.53 Å². The summed E-state index contributed by atoms with van der Waals surface area (Å²) in [4.78, 5) is 18.7. The maximum absolute atomic E-state index is 12.5. The molecule has 0 saturated heterocycles. The number of rotatable bonds is 6. The quantitative estimate of drug-likeness (QED) is 0.828. The Labute approximate surface area is 124 Å². The van der Waals surface area contributed by atoms with Crippen LogP contribution in [0.1, 0.15) is 24.3 Å². The number of para-hydroxylation sites is 1. The first-order chi connectivity index (χ1) is 10.2. The average Bonchev–Trinajstić information content (AvgIpc) is 2.51. The lowest BCUT2D eigenvalue weighted by Gasteiger charge is -2.20. The maximum Gasteiger partial charge on any atom is 0.272 e. The largest absolute Gasteiger partial charge is 0.398 e. The van der Waals surface area contributed by atoms with Crippen molar-refractivity contribution in [2.75, 3.05) is 32.0 Å². The number of hydrogen-bond donors (Lipinski definition) is 1. The van der Waals surface area contributed by atoms with Gasteiger partial charge in [0.25, 0.3) is 5.91 Å². The van der Waals surface area contributed by atoms with Crippen LogP contribution in [0.4, 0.5) is 5.69 Å². The van der Waals surface area contributed by atoms with Crippen LogP contribution in [0.2, 0.25) is 0 Å². The monoisotopic (exact) mass is 287 g/mol. The second kappa shape index (κ2) is 7.04. The van der Waals surface area contributed by atoms with Gasteiger partial charge in [-0.3, -0.25) is 4.79 Å². The van der Waals surface area contributed by atoms with Crippen molar-refractivity contribution in [1.29, 1.82) is 0 Å². The number of nitrogens with zero attached hydrogens (tertiary/aromatic N) is 2. The van der Waals surface area contributed by atoms with E-state index < -0.39 is 0 Å². The van der Waals surface area contributed by atoms with Gasteiger partial charge in [0.2, 0.25) is 0 Å². The lowest BCUT2D eigenvalue weighted by atomic mass is 10.1. The third-order valence-electron chi connectivity index (χ3n) is 3.35. The molecule has 2 aromatic rings. The predicted molar refractivity (Wildman–Crippen MR) is 84.2 cm³/mol. The van der Waals surface area contributed by atoms with Crippen molar-refractivity contribution in [3.63, 3.8) is 0 Å². The number of fused-ring (bicyclic) bond motifs is 1. The van der Waals surface area contributed by atoms with Crippen molar-refractivity contribution in [1.82, 2.24) is 9.88 Å². The normalized spacial score (nSPS) is 10.8. The summed E-state index contributed by atoms with van der Waals surface area (Å²) in [6.45, 7) is 6.21. The van der Waals surface area contributed by atoms with Gasteiger partial charge >= 0.3 is 0 Å². The Kier molecular flexibility index (Phi) is 5.11. The first kappa shape index (κ1) is 15.3. The Morgan fingerprint density at radius 3 is 2.81 bits per heavy atom. The van der Waals surface area contributed by atoms with Crippen molar-refractivity contribution in [2.45, 2.75) is 13.8 Å². The molecular weight excluding hydrogens is 266 g/mol. The summed E-state index contributed by atoms with van der Waals surface area (Å²) in [5.41, 5.74) is 7.71. The molecule has 21 heavy (non-hydrogen) atoms. The topological polar surface area (TPSA) is 68.5 Å². The number of pyridine rings is 1.